The lowest BCUT2D eigenvalue weighted by Crippen LogP contribution is -2.31. The van der Waals surface area contributed by atoms with Crippen molar-refractivity contribution in [2.45, 2.75) is 44.6 Å². The molecule has 12 heteroatoms. The van der Waals surface area contributed by atoms with Crippen LogP contribution in [0.5, 0.6) is 0 Å². The maximum absolute atomic E-state index is 14.5. The molecule has 3 N–H and O–H groups in total. The second-order valence-electron chi connectivity index (χ2n) is 9.02. The summed E-state index contributed by atoms with van der Waals surface area (Å²) in [5, 5.41) is 4.15. The molecule has 2 aromatic heterocycles. The van der Waals surface area contributed by atoms with E-state index in [1.54, 1.807) is 26.1 Å². The van der Waals surface area contributed by atoms with Crippen molar-refractivity contribution in [3.63, 3.8) is 0 Å². The fourth-order valence-corrected chi connectivity index (χ4v) is 4.55. The first-order valence-corrected chi connectivity index (χ1v) is 11.3. The van der Waals surface area contributed by atoms with Crippen LogP contribution in [0.25, 0.3) is 5.65 Å². The summed E-state index contributed by atoms with van der Waals surface area (Å²) in [6.07, 6.45) is 2.71. The van der Waals surface area contributed by atoms with E-state index in [1.807, 2.05) is 4.90 Å². The Kier molecular flexibility index (Phi) is 6.03. The van der Waals surface area contributed by atoms with Crippen molar-refractivity contribution in [2.75, 3.05) is 30.4 Å². The van der Waals surface area contributed by atoms with Crippen molar-refractivity contribution < 1.29 is 27.9 Å². The van der Waals surface area contributed by atoms with E-state index in [2.05, 4.69) is 15.6 Å². The van der Waals surface area contributed by atoms with E-state index in [0.29, 0.717) is 25.4 Å². The number of carbonyl (C=O) groups excluding carboxylic acids is 1. The fourth-order valence-electron chi connectivity index (χ4n) is 4.55. The van der Waals surface area contributed by atoms with Gasteiger partial charge in [0.1, 0.15) is 35.7 Å². The lowest BCUT2D eigenvalue weighted by atomic mass is 10.0. The van der Waals surface area contributed by atoms with E-state index in [1.165, 1.54) is 10.6 Å². The molecular formula is C23H26F2N6O4. The number of nitrogens with zero attached hydrogens (tertiary/aromatic N) is 4. The van der Waals surface area contributed by atoms with Gasteiger partial charge in [-0.05, 0) is 51.0 Å². The van der Waals surface area contributed by atoms with Gasteiger partial charge >= 0.3 is 0 Å². The van der Waals surface area contributed by atoms with Gasteiger partial charge in [0.25, 0.3) is 5.91 Å². The van der Waals surface area contributed by atoms with Crippen LogP contribution in [0.2, 0.25) is 0 Å². The Morgan fingerprint density at radius 1 is 1.34 bits per heavy atom. The average Bonchev–Trinajstić information content (AvgIpc) is 3.51. The maximum Gasteiger partial charge on any atom is 0.282 e. The Balaban J connectivity index is 1.36. The van der Waals surface area contributed by atoms with Crippen molar-refractivity contribution in [1.29, 1.82) is 0 Å². The SMILES string of the molecule is CC1(C)OCC(CONC(=O)c2c(N)nn3ccc(N4CCCC4c4cc(F)ccc4F)nc23)O1. The third-order valence-corrected chi connectivity index (χ3v) is 6.09. The van der Waals surface area contributed by atoms with E-state index in [9.17, 15) is 13.6 Å². The highest BCUT2D eigenvalue weighted by Crippen LogP contribution is 2.37. The number of nitrogen functional groups attached to an aromatic ring is 1. The lowest BCUT2D eigenvalue weighted by molar-refractivity contribution is -0.147. The number of hydrogen-bond acceptors (Lipinski definition) is 8. The van der Waals surface area contributed by atoms with E-state index in [-0.39, 0.29) is 41.3 Å². The highest BCUT2D eigenvalue weighted by molar-refractivity contribution is 6.03. The van der Waals surface area contributed by atoms with Gasteiger partial charge in [0, 0.05) is 18.3 Å². The van der Waals surface area contributed by atoms with Crippen LogP contribution >= 0.6 is 0 Å². The molecule has 0 bridgehead atoms. The van der Waals surface area contributed by atoms with Crippen LogP contribution in [0, 0.1) is 11.6 Å². The number of aromatic nitrogens is 3. The van der Waals surface area contributed by atoms with Crippen LogP contribution in [-0.2, 0) is 14.3 Å². The van der Waals surface area contributed by atoms with Crippen molar-refractivity contribution in [3.05, 3.63) is 53.2 Å². The van der Waals surface area contributed by atoms with Gasteiger partial charge in [-0.15, -0.1) is 5.10 Å². The number of benzene rings is 1. The van der Waals surface area contributed by atoms with Gasteiger partial charge < -0.3 is 20.1 Å². The third kappa shape index (κ3) is 4.64. The summed E-state index contributed by atoms with van der Waals surface area (Å²) in [5.74, 6) is -1.82. The van der Waals surface area contributed by atoms with Gasteiger partial charge in [0.2, 0.25) is 0 Å². The van der Waals surface area contributed by atoms with E-state index < -0.39 is 23.3 Å². The molecule has 1 aromatic carbocycles. The molecule has 35 heavy (non-hydrogen) atoms. The molecule has 2 atom stereocenters. The average molecular weight is 488 g/mol. The zero-order chi connectivity index (χ0) is 24.7. The second-order valence-corrected chi connectivity index (χ2v) is 9.02. The Bertz CT molecular complexity index is 1270. The van der Waals surface area contributed by atoms with E-state index >= 15 is 0 Å². The molecular weight excluding hydrogens is 462 g/mol. The highest BCUT2D eigenvalue weighted by atomic mass is 19.1. The zero-order valence-corrected chi connectivity index (χ0v) is 19.3. The molecule has 0 aliphatic carbocycles. The fraction of sp³-hybridized carbons (Fsp3) is 0.435. The number of hydroxylamine groups is 1. The summed E-state index contributed by atoms with van der Waals surface area (Å²) in [6.45, 7) is 4.61. The van der Waals surface area contributed by atoms with Crippen LogP contribution in [0.4, 0.5) is 20.4 Å². The summed E-state index contributed by atoms with van der Waals surface area (Å²) >= 11 is 0. The van der Waals surface area contributed by atoms with Crippen molar-refractivity contribution in [1.82, 2.24) is 20.1 Å². The summed E-state index contributed by atoms with van der Waals surface area (Å²) < 4.78 is 40.8. The predicted octanol–water partition coefficient (Wildman–Crippen LogP) is 2.74. The number of ether oxygens (including phenoxy) is 2. The molecule has 5 rings (SSSR count). The van der Waals surface area contributed by atoms with Crippen LogP contribution < -0.4 is 16.1 Å². The Morgan fingerprint density at radius 3 is 2.94 bits per heavy atom. The highest BCUT2D eigenvalue weighted by Gasteiger charge is 2.33. The van der Waals surface area contributed by atoms with Crippen LogP contribution in [0.3, 0.4) is 0 Å². The number of carbonyl (C=O) groups is 1. The molecule has 1 amide bonds. The quantitative estimate of drug-likeness (QED) is 0.509. The second kappa shape index (κ2) is 9.02. The molecule has 186 valence electrons. The molecule has 10 nitrogen and oxygen atoms in total. The number of nitrogens with two attached hydrogens (primary N) is 1. The normalized spacial score (nSPS) is 21.7. The minimum Gasteiger partial charge on any atom is -0.381 e. The molecule has 2 aliphatic rings. The first kappa shape index (κ1) is 23.4. The van der Waals surface area contributed by atoms with Crippen LogP contribution in [0.1, 0.15) is 48.7 Å². The molecule has 0 radical (unpaired) electrons. The van der Waals surface area contributed by atoms with Crippen molar-refractivity contribution in [3.8, 4) is 0 Å². The van der Waals surface area contributed by atoms with Gasteiger partial charge in [0.05, 0.1) is 12.6 Å². The molecule has 2 unspecified atom stereocenters. The molecule has 3 aromatic rings. The number of fused-ring (bicyclic) bond motifs is 1. The van der Waals surface area contributed by atoms with Crippen molar-refractivity contribution in [2.24, 2.45) is 0 Å². The van der Waals surface area contributed by atoms with Gasteiger partial charge in [-0.1, -0.05) is 0 Å². The largest absolute Gasteiger partial charge is 0.381 e. The Hall–Kier alpha value is -3.35. The molecule has 4 heterocycles. The molecule has 2 fully saturated rings. The monoisotopic (exact) mass is 488 g/mol. The summed E-state index contributed by atoms with van der Waals surface area (Å²) in [6, 6.07) is 4.74. The topological polar surface area (TPSA) is 116 Å². The van der Waals surface area contributed by atoms with Gasteiger partial charge in [-0.3, -0.25) is 9.63 Å². The number of anilines is 2. The van der Waals surface area contributed by atoms with Gasteiger partial charge in [-0.2, -0.15) is 0 Å². The molecule has 2 saturated heterocycles. The number of rotatable bonds is 6. The van der Waals surface area contributed by atoms with E-state index in [4.69, 9.17) is 20.0 Å². The van der Waals surface area contributed by atoms with Crippen LogP contribution in [0.15, 0.2) is 30.5 Å². The minimum absolute atomic E-state index is 0.0218. The lowest BCUT2D eigenvalue weighted by Gasteiger charge is -2.26. The molecule has 0 saturated carbocycles. The Morgan fingerprint density at radius 2 is 2.17 bits per heavy atom. The molecule has 2 aliphatic heterocycles. The Labute approximate surface area is 199 Å². The van der Waals surface area contributed by atoms with Gasteiger partial charge in [-0.25, -0.2) is 23.8 Å². The summed E-state index contributed by atoms with van der Waals surface area (Å²) in [5.41, 5.74) is 8.89. The predicted molar refractivity (Wildman–Crippen MR) is 121 cm³/mol. The standard InChI is InChI=1S/C23H26F2N6O4/c1-23(2)33-11-14(35-23)12-34-29-22(32)19-20(26)28-31-9-7-18(27-21(19)31)30-8-3-4-17(30)15-10-13(24)5-6-16(15)25/h5-7,9-10,14,17H,3-4,8,11-12H2,1-2H3,(H2,26,28)(H,29,32). The van der Waals surface area contributed by atoms with Crippen LogP contribution in [-0.4, -0.2) is 52.2 Å². The maximum atomic E-state index is 14.5. The number of nitrogens with one attached hydrogen (secondary N) is 1. The summed E-state index contributed by atoms with van der Waals surface area (Å²) in [7, 11) is 0. The third-order valence-electron chi connectivity index (χ3n) is 6.09. The number of halogens is 2. The first-order chi connectivity index (χ1) is 16.7. The molecule has 0 spiro atoms. The summed E-state index contributed by atoms with van der Waals surface area (Å²) in [4.78, 5) is 24.7. The van der Waals surface area contributed by atoms with E-state index in [0.717, 1.165) is 18.6 Å². The minimum atomic E-state index is -0.701. The van der Waals surface area contributed by atoms with Crippen molar-refractivity contribution >= 4 is 23.2 Å². The van der Waals surface area contributed by atoms with Gasteiger partial charge in [0.15, 0.2) is 17.3 Å². The smallest absolute Gasteiger partial charge is 0.282 e. The zero-order valence-electron chi connectivity index (χ0n) is 19.3. The number of amides is 1. The first-order valence-electron chi connectivity index (χ1n) is 11.3. The number of hydrogen-bond donors (Lipinski definition) is 2.